The molecular formula is C13H17N5O3. The van der Waals surface area contributed by atoms with Gasteiger partial charge in [0.15, 0.2) is 0 Å². The SMILES string of the molecule is CNCCN(C)C(=O)c1cc(C)c2c(=O)[nH]c(=O)[nH]c2n1. The molecule has 2 heterocycles. The Morgan fingerprint density at radius 3 is 2.76 bits per heavy atom. The summed E-state index contributed by atoms with van der Waals surface area (Å²) in [7, 11) is 3.47. The average Bonchev–Trinajstić information content (AvgIpc) is 2.42. The zero-order valence-corrected chi connectivity index (χ0v) is 12.1. The van der Waals surface area contributed by atoms with Crippen molar-refractivity contribution < 1.29 is 4.79 Å². The highest BCUT2D eigenvalue weighted by Crippen LogP contribution is 2.12. The van der Waals surface area contributed by atoms with Gasteiger partial charge < -0.3 is 10.2 Å². The molecular weight excluding hydrogens is 274 g/mol. The van der Waals surface area contributed by atoms with Crippen LogP contribution < -0.4 is 16.6 Å². The number of carbonyl (C=O) groups is 1. The van der Waals surface area contributed by atoms with E-state index in [0.29, 0.717) is 18.7 Å². The minimum Gasteiger partial charge on any atom is -0.339 e. The molecule has 0 unspecified atom stereocenters. The highest BCUT2D eigenvalue weighted by atomic mass is 16.2. The molecule has 2 aromatic rings. The van der Waals surface area contributed by atoms with Gasteiger partial charge in [0.2, 0.25) is 0 Å². The van der Waals surface area contributed by atoms with Gasteiger partial charge in [-0.25, -0.2) is 9.78 Å². The molecule has 0 fully saturated rings. The summed E-state index contributed by atoms with van der Waals surface area (Å²) >= 11 is 0. The predicted octanol–water partition coefficient (Wildman–Crippen LogP) is -0.789. The predicted molar refractivity (Wildman–Crippen MR) is 78.6 cm³/mol. The second-order valence-electron chi connectivity index (χ2n) is 4.79. The molecule has 0 spiro atoms. The molecule has 0 aromatic carbocycles. The summed E-state index contributed by atoms with van der Waals surface area (Å²) in [6, 6.07) is 1.55. The van der Waals surface area contributed by atoms with Gasteiger partial charge in [0.1, 0.15) is 11.3 Å². The third kappa shape index (κ3) is 3.00. The summed E-state index contributed by atoms with van der Waals surface area (Å²) in [5, 5.41) is 3.24. The number of aryl methyl sites for hydroxylation is 1. The first-order chi connectivity index (χ1) is 9.93. The van der Waals surface area contributed by atoms with Gasteiger partial charge in [-0.05, 0) is 25.6 Å². The number of aromatic amines is 2. The zero-order chi connectivity index (χ0) is 15.6. The van der Waals surface area contributed by atoms with Gasteiger partial charge in [0.05, 0.1) is 5.39 Å². The van der Waals surface area contributed by atoms with E-state index in [2.05, 4.69) is 20.3 Å². The highest BCUT2D eigenvalue weighted by Gasteiger charge is 2.16. The monoisotopic (exact) mass is 291 g/mol. The van der Waals surface area contributed by atoms with E-state index in [1.807, 2.05) is 0 Å². The average molecular weight is 291 g/mol. The molecule has 2 aromatic heterocycles. The molecule has 8 heteroatoms. The van der Waals surface area contributed by atoms with E-state index >= 15 is 0 Å². The molecule has 3 N–H and O–H groups in total. The Labute approximate surface area is 120 Å². The number of likely N-dealkylation sites (N-methyl/N-ethyl adjacent to an activating group) is 2. The van der Waals surface area contributed by atoms with Crippen LogP contribution in [-0.2, 0) is 0 Å². The number of rotatable bonds is 4. The van der Waals surface area contributed by atoms with Crippen molar-refractivity contribution in [3.63, 3.8) is 0 Å². The van der Waals surface area contributed by atoms with Gasteiger partial charge in [0, 0.05) is 20.1 Å². The summed E-state index contributed by atoms with van der Waals surface area (Å²) in [5.74, 6) is -0.267. The Kier molecular flexibility index (Phi) is 4.18. The molecule has 0 aliphatic heterocycles. The Hall–Kier alpha value is -2.48. The van der Waals surface area contributed by atoms with E-state index in [-0.39, 0.29) is 22.6 Å². The molecule has 1 amide bonds. The van der Waals surface area contributed by atoms with Crippen molar-refractivity contribution in [1.82, 2.24) is 25.2 Å². The van der Waals surface area contributed by atoms with Crippen LogP contribution in [0.25, 0.3) is 11.0 Å². The number of nitrogens with one attached hydrogen (secondary N) is 3. The van der Waals surface area contributed by atoms with Crippen molar-refractivity contribution in [1.29, 1.82) is 0 Å². The van der Waals surface area contributed by atoms with Crippen LogP contribution in [0.2, 0.25) is 0 Å². The van der Waals surface area contributed by atoms with E-state index in [9.17, 15) is 14.4 Å². The van der Waals surface area contributed by atoms with Gasteiger partial charge in [-0.3, -0.25) is 19.6 Å². The largest absolute Gasteiger partial charge is 0.339 e. The van der Waals surface area contributed by atoms with Crippen LogP contribution in [0.4, 0.5) is 0 Å². The molecule has 0 saturated heterocycles. The smallest absolute Gasteiger partial charge is 0.327 e. The lowest BCUT2D eigenvalue weighted by Gasteiger charge is -2.16. The molecule has 112 valence electrons. The Balaban J connectivity index is 2.49. The van der Waals surface area contributed by atoms with Crippen molar-refractivity contribution in [2.75, 3.05) is 27.2 Å². The number of hydrogen-bond acceptors (Lipinski definition) is 5. The Morgan fingerprint density at radius 2 is 2.10 bits per heavy atom. The van der Waals surface area contributed by atoms with E-state index in [1.165, 1.54) is 4.90 Å². The fraction of sp³-hybridized carbons (Fsp3) is 0.385. The van der Waals surface area contributed by atoms with Crippen molar-refractivity contribution in [3.05, 3.63) is 38.2 Å². The topological polar surface area (TPSA) is 111 Å². The first kappa shape index (κ1) is 14.9. The van der Waals surface area contributed by atoms with Gasteiger partial charge >= 0.3 is 5.69 Å². The van der Waals surface area contributed by atoms with Gasteiger partial charge in [0.25, 0.3) is 11.5 Å². The number of H-pyrrole nitrogens is 2. The van der Waals surface area contributed by atoms with Crippen molar-refractivity contribution in [2.24, 2.45) is 0 Å². The molecule has 0 aliphatic carbocycles. The third-order valence-electron chi connectivity index (χ3n) is 3.17. The maximum atomic E-state index is 12.3. The van der Waals surface area contributed by atoms with Crippen LogP contribution in [0.15, 0.2) is 15.7 Å². The maximum Gasteiger partial charge on any atom is 0.327 e. The number of carbonyl (C=O) groups excluding carboxylic acids is 1. The summed E-state index contributed by atoms with van der Waals surface area (Å²) < 4.78 is 0. The number of aromatic nitrogens is 3. The van der Waals surface area contributed by atoms with Crippen molar-refractivity contribution in [3.8, 4) is 0 Å². The van der Waals surface area contributed by atoms with Crippen LogP contribution in [0.5, 0.6) is 0 Å². The molecule has 0 aliphatic rings. The summed E-state index contributed by atoms with van der Waals surface area (Å²) in [4.78, 5) is 45.6. The van der Waals surface area contributed by atoms with Crippen LogP contribution >= 0.6 is 0 Å². The lowest BCUT2D eigenvalue weighted by atomic mass is 10.1. The standard InChI is InChI=1S/C13H17N5O3/c1-7-6-8(12(20)18(3)5-4-14-2)15-10-9(7)11(19)17-13(21)16-10/h6,14H,4-5H2,1-3H3,(H2,15,16,17,19,21). The molecule has 0 atom stereocenters. The molecule has 0 radical (unpaired) electrons. The van der Waals surface area contributed by atoms with Gasteiger partial charge in [-0.15, -0.1) is 0 Å². The minimum atomic E-state index is -0.646. The number of nitrogens with zero attached hydrogens (tertiary/aromatic N) is 2. The first-order valence-electron chi connectivity index (χ1n) is 6.48. The van der Waals surface area contributed by atoms with Gasteiger partial charge in [-0.1, -0.05) is 0 Å². The van der Waals surface area contributed by atoms with E-state index < -0.39 is 11.2 Å². The fourth-order valence-electron chi connectivity index (χ4n) is 2.04. The highest BCUT2D eigenvalue weighted by molar-refractivity contribution is 5.95. The molecule has 8 nitrogen and oxygen atoms in total. The fourth-order valence-corrected chi connectivity index (χ4v) is 2.04. The lowest BCUT2D eigenvalue weighted by Crippen LogP contribution is -2.33. The van der Waals surface area contributed by atoms with Gasteiger partial charge in [-0.2, -0.15) is 0 Å². The lowest BCUT2D eigenvalue weighted by molar-refractivity contribution is 0.0791. The summed E-state index contributed by atoms with van der Waals surface area (Å²) in [6.45, 7) is 2.88. The minimum absolute atomic E-state index is 0.120. The number of hydrogen-bond donors (Lipinski definition) is 3. The van der Waals surface area contributed by atoms with E-state index in [4.69, 9.17) is 0 Å². The summed E-state index contributed by atoms with van der Waals surface area (Å²) in [5.41, 5.74) is -0.259. The molecule has 0 bridgehead atoms. The second kappa shape index (κ2) is 5.88. The van der Waals surface area contributed by atoms with Crippen molar-refractivity contribution in [2.45, 2.75) is 6.92 Å². The van der Waals surface area contributed by atoms with Crippen LogP contribution in [0, 0.1) is 6.92 Å². The quantitative estimate of drug-likeness (QED) is 0.683. The number of amides is 1. The number of fused-ring (bicyclic) bond motifs is 1. The number of pyridine rings is 1. The van der Waals surface area contributed by atoms with E-state index in [1.54, 1.807) is 27.1 Å². The Morgan fingerprint density at radius 1 is 1.38 bits per heavy atom. The van der Waals surface area contributed by atoms with Crippen LogP contribution in [-0.4, -0.2) is 52.9 Å². The molecule has 21 heavy (non-hydrogen) atoms. The first-order valence-corrected chi connectivity index (χ1v) is 6.48. The molecule has 2 rings (SSSR count). The summed E-state index contributed by atoms with van der Waals surface area (Å²) in [6.07, 6.45) is 0. The normalized spacial score (nSPS) is 10.8. The molecule has 0 saturated carbocycles. The Bertz CT molecular complexity index is 792. The maximum absolute atomic E-state index is 12.3. The van der Waals surface area contributed by atoms with Crippen LogP contribution in [0.1, 0.15) is 16.1 Å². The second-order valence-corrected chi connectivity index (χ2v) is 4.79. The van der Waals surface area contributed by atoms with E-state index in [0.717, 1.165) is 0 Å². The van der Waals surface area contributed by atoms with Crippen molar-refractivity contribution >= 4 is 16.9 Å². The van der Waals surface area contributed by atoms with Crippen LogP contribution in [0.3, 0.4) is 0 Å². The third-order valence-corrected chi connectivity index (χ3v) is 3.17. The zero-order valence-electron chi connectivity index (χ0n) is 12.1.